The van der Waals surface area contributed by atoms with Gasteiger partial charge in [-0.25, -0.2) is 4.98 Å². The highest BCUT2D eigenvalue weighted by Gasteiger charge is 2.48. The quantitative estimate of drug-likeness (QED) is 0.176. The van der Waals surface area contributed by atoms with Crippen LogP contribution in [0.5, 0.6) is 17.2 Å². The molecule has 6 rings (SSSR count). The van der Waals surface area contributed by atoms with Gasteiger partial charge in [0.2, 0.25) is 0 Å². The molecule has 10 heteroatoms. The second kappa shape index (κ2) is 9.77. The maximum Gasteiger partial charge on any atom is 0.301 e. The fraction of sp³-hybridized carbons (Fsp3) is 0.179. The Balaban J connectivity index is 1.51. The highest BCUT2D eigenvalue weighted by atomic mass is 79.9. The molecule has 2 aliphatic rings. The van der Waals surface area contributed by atoms with Crippen molar-refractivity contribution in [1.82, 2.24) is 4.98 Å². The zero-order valence-corrected chi connectivity index (χ0v) is 22.5. The van der Waals surface area contributed by atoms with Crippen molar-refractivity contribution in [2.75, 3.05) is 24.7 Å². The first-order valence-electron chi connectivity index (χ1n) is 11.9. The SMILES string of the molecule is CCOc1ccc2nc(N3C(=O)C(=O)/C(=C(/O)c4ccc5c(c4)OCCO5)C3c3cccc(Br)c3)sc2c1. The zero-order valence-electron chi connectivity index (χ0n) is 20.1. The Labute approximate surface area is 230 Å². The average molecular weight is 593 g/mol. The highest BCUT2D eigenvalue weighted by Crippen LogP contribution is 2.45. The van der Waals surface area contributed by atoms with Gasteiger partial charge in [0.15, 0.2) is 16.6 Å². The van der Waals surface area contributed by atoms with Crippen LogP contribution in [0, 0.1) is 0 Å². The lowest BCUT2D eigenvalue weighted by Crippen LogP contribution is -2.29. The second-order valence-electron chi connectivity index (χ2n) is 8.64. The zero-order chi connectivity index (χ0) is 26.4. The van der Waals surface area contributed by atoms with Crippen LogP contribution in [-0.2, 0) is 9.59 Å². The third kappa shape index (κ3) is 4.19. The number of amides is 1. The van der Waals surface area contributed by atoms with Gasteiger partial charge >= 0.3 is 5.91 Å². The molecule has 1 unspecified atom stereocenters. The number of aliphatic hydroxyl groups excluding tert-OH is 1. The number of rotatable bonds is 5. The van der Waals surface area contributed by atoms with E-state index in [0.29, 0.717) is 58.8 Å². The van der Waals surface area contributed by atoms with E-state index in [0.717, 1.165) is 9.17 Å². The molecule has 8 nitrogen and oxygen atoms in total. The molecule has 4 aromatic rings. The molecule has 0 bridgehead atoms. The number of carbonyl (C=O) groups excluding carboxylic acids is 2. The van der Waals surface area contributed by atoms with E-state index >= 15 is 0 Å². The third-order valence-corrected chi connectivity index (χ3v) is 7.80. The molecular weight excluding hydrogens is 572 g/mol. The van der Waals surface area contributed by atoms with Gasteiger partial charge in [-0.2, -0.15) is 0 Å². The second-order valence-corrected chi connectivity index (χ2v) is 10.6. The number of Topliss-reactive ketones (excluding diaryl/α,β-unsaturated/α-hetero) is 1. The predicted octanol–water partition coefficient (Wildman–Crippen LogP) is 5.86. The van der Waals surface area contributed by atoms with E-state index in [1.165, 1.54) is 16.2 Å². The van der Waals surface area contributed by atoms with E-state index in [1.807, 2.05) is 49.4 Å². The molecule has 1 atom stereocenters. The van der Waals surface area contributed by atoms with Gasteiger partial charge in [0.25, 0.3) is 5.78 Å². The fourth-order valence-electron chi connectivity index (χ4n) is 4.62. The van der Waals surface area contributed by atoms with Crippen molar-refractivity contribution >= 4 is 60.1 Å². The lowest BCUT2D eigenvalue weighted by molar-refractivity contribution is -0.132. The van der Waals surface area contributed by atoms with Crippen LogP contribution in [0.1, 0.15) is 24.1 Å². The number of fused-ring (bicyclic) bond motifs is 2. The summed E-state index contributed by atoms with van der Waals surface area (Å²) in [7, 11) is 0. The number of anilines is 1. The number of thiazole rings is 1. The van der Waals surface area contributed by atoms with Crippen molar-refractivity contribution in [1.29, 1.82) is 0 Å². The van der Waals surface area contributed by atoms with E-state index < -0.39 is 17.7 Å². The molecule has 1 saturated heterocycles. The topological polar surface area (TPSA) is 98.2 Å². The maximum atomic E-state index is 13.5. The number of hydrogen-bond acceptors (Lipinski definition) is 8. The monoisotopic (exact) mass is 592 g/mol. The third-order valence-electron chi connectivity index (χ3n) is 6.29. The minimum absolute atomic E-state index is 0.0287. The number of ether oxygens (including phenoxy) is 3. The number of halogens is 1. The first-order valence-corrected chi connectivity index (χ1v) is 13.6. The van der Waals surface area contributed by atoms with Gasteiger partial charge in [-0.3, -0.25) is 14.5 Å². The lowest BCUT2D eigenvalue weighted by Gasteiger charge is -2.23. The van der Waals surface area contributed by atoms with Crippen LogP contribution in [0.3, 0.4) is 0 Å². The maximum absolute atomic E-state index is 13.5. The van der Waals surface area contributed by atoms with Crippen molar-refractivity contribution in [2.45, 2.75) is 13.0 Å². The van der Waals surface area contributed by atoms with Gasteiger partial charge in [0.05, 0.1) is 28.4 Å². The minimum Gasteiger partial charge on any atom is -0.507 e. The molecule has 0 aliphatic carbocycles. The van der Waals surface area contributed by atoms with Gasteiger partial charge in [0.1, 0.15) is 24.7 Å². The van der Waals surface area contributed by atoms with E-state index in [9.17, 15) is 14.7 Å². The van der Waals surface area contributed by atoms with Gasteiger partial charge in [0, 0.05) is 10.0 Å². The molecule has 0 radical (unpaired) electrons. The Morgan fingerprint density at radius 2 is 1.92 bits per heavy atom. The standard InChI is InChI=1S/C28H21BrN2O6S/c1-2-35-18-7-8-19-22(14-18)38-28(30-19)31-24(15-4-3-5-17(29)12-15)23(26(33)27(31)34)25(32)16-6-9-20-21(13-16)37-11-10-36-20/h3-9,12-14,24,32H,2,10-11H2,1H3/b25-23+. The normalized spacial score (nSPS) is 18.3. The summed E-state index contributed by atoms with van der Waals surface area (Å²) in [5.74, 6) is -0.149. The fourth-order valence-corrected chi connectivity index (χ4v) is 6.06. The smallest absolute Gasteiger partial charge is 0.301 e. The summed E-state index contributed by atoms with van der Waals surface area (Å²) in [6.07, 6.45) is 0. The Morgan fingerprint density at radius 3 is 2.71 bits per heavy atom. The number of aliphatic hydroxyl groups is 1. The van der Waals surface area contributed by atoms with Gasteiger partial charge in [-0.15, -0.1) is 0 Å². The van der Waals surface area contributed by atoms with Gasteiger partial charge < -0.3 is 19.3 Å². The summed E-state index contributed by atoms with van der Waals surface area (Å²) in [6.45, 7) is 3.23. The number of benzene rings is 3. The predicted molar refractivity (Wildman–Crippen MR) is 147 cm³/mol. The van der Waals surface area contributed by atoms with Crippen LogP contribution in [0.25, 0.3) is 16.0 Å². The number of hydrogen-bond donors (Lipinski definition) is 1. The molecule has 192 valence electrons. The number of aromatic nitrogens is 1. The molecule has 3 aromatic carbocycles. The first kappa shape index (κ1) is 24.4. The number of ketones is 1. The van der Waals surface area contributed by atoms with Crippen molar-refractivity contribution < 1.29 is 28.9 Å². The van der Waals surface area contributed by atoms with Crippen LogP contribution in [0.2, 0.25) is 0 Å². The Morgan fingerprint density at radius 1 is 1.11 bits per heavy atom. The average Bonchev–Trinajstić information content (AvgIpc) is 3.46. The first-order chi connectivity index (χ1) is 18.4. The van der Waals surface area contributed by atoms with Crippen molar-refractivity contribution in [2.24, 2.45) is 0 Å². The van der Waals surface area contributed by atoms with E-state index in [1.54, 1.807) is 18.2 Å². The summed E-state index contributed by atoms with van der Waals surface area (Å²) >= 11 is 4.77. The lowest BCUT2D eigenvalue weighted by atomic mass is 9.95. The Bertz CT molecular complexity index is 1630. The summed E-state index contributed by atoms with van der Waals surface area (Å²) in [4.78, 5) is 33.0. The molecule has 1 fully saturated rings. The van der Waals surface area contributed by atoms with E-state index in [4.69, 9.17) is 14.2 Å². The summed E-state index contributed by atoms with van der Waals surface area (Å²) in [5, 5.41) is 11.8. The molecule has 38 heavy (non-hydrogen) atoms. The van der Waals surface area contributed by atoms with Crippen LogP contribution in [0.4, 0.5) is 5.13 Å². The van der Waals surface area contributed by atoms with E-state index in [2.05, 4.69) is 20.9 Å². The molecule has 1 aromatic heterocycles. The van der Waals surface area contributed by atoms with Gasteiger partial charge in [-0.1, -0.05) is 39.4 Å². The van der Waals surface area contributed by atoms with Crippen LogP contribution in [-0.4, -0.2) is 41.6 Å². The summed E-state index contributed by atoms with van der Waals surface area (Å²) < 4.78 is 18.4. The van der Waals surface area contributed by atoms with Crippen molar-refractivity contribution in [3.8, 4) is 17.2 Å². The summed E-state index contributed by atoms with van der Waals surface area (Å²) in [6, 6.07) is 16.8. The Kier molecular flexibility index (Phi) is 6.29. The van der Waals surface area contributed by atoms with E-state index in [-0.39, 0.29) is 11.3 Å². The molecule has 0 saturated carbocycles. The minimum atomic E-state index is -0.896. The molecule has 2 aliphatic heterocycles. The number of carbonyl (C=O) groups is 2. The molecule has 0 spiro atoms. The summed E-state index contributed by atoms with van der Waals surface area (Å²) in [5.41, 5.74) is 1.64. The van der Waals surface area contributed by atoms with Crippen molar-refractivity contribution in [3.63, 3.8) is 0 Å². The van der Waals surface area contributed by atoms with Crippen molar-refractivity contribution in [3.05, 3.63) is 81.8 Å². The molecule has 3 heterocycles. The van der Waals surface area contributed by atoms with Crippen LogP contribution in [0.15, 0.2) is 70.7 Å². The largest absolute Gasteiger partial charge is 0.507 e. The Hall–Kier alpha value is -3.89. The highest BCUT2D eigenvalue weighted by molar-refractivity contribution is 9.10. The van der Waals surface area contributed by atoms with Crippen LogP contribution < -0.4 is 19.1 Å². The van der Waals surface area contributed by atoms with Gasteiger partial charge in [-0.05, 0) is 61.0 Å². The number of nitrogens with zero attached hydrogens (tertiary/aromatic N) is 2. The molecule has 1 amide bonds. The van der Waals surface area contributed by atoms with Crippen LogP contribution >= 0.6 is 27.3 Å². The molecular formula is C28H21BrN2O6S. The molecule has 1 N–H and O–H groups in total.